The van der Waals surface area contributed by atoms with Crippen LogP contribution in [0.3, 0.4) is 0 Å². The second-order valence-electron chi connectivity index (χ2n) is 9.54. The number of benzene rings is 2. The van der Waals surface area contributed by atoms with Crippen molar-refractivity contribution in [2.24, 2.45) is 0 Å². The Morgan fingerprint density at radius 3 is 2.68 bits per heavy atom. The van der Waals surface area contributed by atoms with Crippen LogP contribution in [0.25, 0.3) is 6.08 Å². The van der Waals surface area contributed by atoms with E-state index in [2.05, 4.69) is 38.0 Å². The fraction of sp³-hybridized carbons (Fsp3) is 0.346. The van der Waals surface area contributed by atoms with Gasteiger partial charge in [0.05, 0.1) is 4.91 Å². The zero-order chi connectivity index (χ0) is 24.8. The van der Waals surface area contributed by atoms with Gasteiger partial charge in [-0.05, 0) is 85.8 Å². The first-order valence-corrected chi connectivity index (χ1v) is 12.4. The van der Waals surface area contributed by atoms with Gasteiger partial charge in [-0.3, -0.25) is 19.3 Å². The zero-order valence-corrected chi connectivity index (χ0v) is 21.5. The number of aryl methyl sites for hydroxylation is 1. The standard InChI is InChI=1S/C26H28ClN3O3S/c1-15-8-6-7-9-20(15)28-23(31)14-30-24(32)22(34-25(30)33)11-17-10-18-16(2)13-26(3,4)29(5)21(18)12-19(17)27/h6-12,16H,13-14H2,1-5H3,(H,28,31)/b22-11-/t16-/m1/s1. The third kappa shape index (κ3) is 4.59. The van der Waals surface area contributed by atoms with Gasteiger partial charge in [-0.15, -0.1) is 0 Å². The van der Waals surface area contributed by atoms with Crippen LogP contribution in [0.5, 0.6) is 0 Å². The fourth-order valence-corrected chi connectivity index (χ4v) is 5.58. The number of hydrogen-bond acceptors (Lipinski definition) is 5. The Hall–Kier alpha value is -2.77. The van der Waals surface area contributed by atoms with Crippen LogP contribution in [0.15, 0.2) is 41.3 Å². The number of carbonyl (C=O) groups is 3. The SMILES string of the molecule is Cc1ccccc1NC(=O)CN1C(=O)S/C(=C\c2cc3c(cc2Cl)N(C)C(C)(C)C[C@H]3C)C1=O. The summed E-state index contributed by atoms with van der Waals surface area (Å²) >= 11 is 7.43. The number of fused-ring (bicyclic) bond motifs is 1. The van der Waals surface area contributed by atoms with Gasteiger partial charge in [-0.2, -0.15) is 0 Å². The molecule has 4 rings (SSSR count). The summed E-state index contributed by atoms with van der Waals surface area (Å²) in [6, 6.07) is 11.3. The van der Waals surface area contributed by atoms with E-state index in [1.54, 1.807) is 12.1 Å². The molecule has 2 aliphatic rings. The number of thioether (sulfide) groups is 1. The molecule has 6 nitrogen and oxygen atoms in total. The number of para-hydroxylation sites is 1. The number of carbonyl (C=O) groups excluding carboxylic acids is 3. The molecule has 0 radical (unpaired) electrons. The molecule has 1 fully saturated rings. The fourth-order valence-electron chi connectivity index (χ4n) is 4.54. The molecule has 2 aliphatic heterocycles. The summed E-state index contributed by atoms with van der Waals surface area (Å²) in [4.78, 5) is 41.5. The lowest BCUT2D eigenvalue weighted by Crippen LogP contribution is -2.45. The van der Waals surface area contributed by atoms with Crippen molar-refractivity contribution in [1.82, 2.24) is 4.90 Å². The summed E-state index contributed by atoms with van der Waals surface area (Å²) in [7, 11) is 2.06. The monoisotopic (exact) mass is 497 g/mol. The topological polar surface area (TPSA) is 69.7 Å². The summed E-state index contributed by atoms with van der Waals surface area (Å²) in [6.45, 7) is 8.14. The lowest BCUT2D eigenvalue weighted by molar-refractivity contribution is -0.127. The Labute approximate surface area is 209 Å². The average molecular weight is 498 g/mol. The molecule has 0 spiro atoms. The van der Waals surface area contributed by atoms with Crippen molar-refractivity contribution < 1.29 is 14.4 Å². The Morgan fingerprint density at radius 2 is 1.97 bits per heavy atom. The van der Waals surface area contributed by atoms with Gasteiger partial charge in [0.1, 0.15) is 6.54 Å². The lowest BCUT2D eigenvalue weighted by atomic mass is 9.80. The van der Waals surface area contributed by atoms with E-state index in [1.807, 2.05) is 37.3 Å². The highest BCUT2D eigenvalue weighted by Crippen LogP contribution is 2.45. The Morgan fingerprint density at radius 1 is 1.26 bits per heavy atom. The molecule has 3 amide bonds. The van der Waals surface area contributed by atoms with Crippen LogP contribution >= 0.6 is 23.4 Å². The first-order chi connectivity index (χ1) is 16.0. The predicted octanol–water partition coefficient (Wildman–Crippen LogP) is 6.05. The third-order valence-electron chi connectivity index (χ3n) is 6.63. The third-order valence-corrected chi connectivity index (χ3v) is 7.87. The van der Waals surface area contributed by atoms with Gasteiger partial charge in [0.15, 0.2) is 0 Å². The van der Waals surface area contributed by atoms with Crippen LogP contribution in [0.1, 0.15) is 49.8 Å². The minimum Gasteiger partial charge on any atom is -0.369 e. The maximum absolute atomic E-state index is 13.0. The first kappa shape index (κ1) is 24.4. The quantitative estimate of drug-likeness (QED) is 0.521. The number of imide groups is 1. The Bertz CT molecular complexity index is 1220. The normalized spacial score (nSPS) is 20.6. The van der Waals surface area contributed by atoms with Crippen LogP contribution in [-0.2, 0) is 9.59 Å². The molecule has 0 unspecified atom stereocenters. The molecule has 1 saturated heterocycles. The highest BCUT2D eigenvalue weighted by molar-refractivity contribution is 8.18. The van der Waals surface area contributed by atoms with Gasteiger partial charge < -0.3 is 10.2 Å². The van der Waals surface area contributed by atoms with Gasteiger partial charge in [0.25, 0.3) is 11.1 Å². The smallest absolute Gasteiger partial charge is 0.294 e. The number of nitrogens with zero attached hydrogens (tertiary/aromatic N) is 2. The van der Waals surface area contributed by atoms with Crippen molar-refractivity contribution in [2.45, 2.75) is 45.6 Å². The minimum absolute atomic E-state index is 0.0127. The summed E-state index contributed by atoms with van der Waals surface area (Å²) in [5, 5.41) is 2.80. The van der Waals surface area contributed by atoms with E-state index < -0.39 is 17.1 Å². The zero-order valence-electron chi connectivity index (χ0n) is 19.9. The molecule has 0 bridgehead atoms. The van der Waals surface area contributed by atoms with Gasteiger partial charge in [0, 0.05) is 29.0 Å². The number of nitrogens with one attached hydrogen (secondary N) is 1. The largest absolute Gasteiger partial charge is 0.369 e. The highest BCUT2D eigenvalue weighted by Gasteiger charge is 2.37. The molecular weight excluding hydrogens is 470 g/mol. The minimum atomic E-state index is -0.491. The first-order valence-electron chi connectivity index (χ1n) is 11.2. The van der Waals surface area contributed by atoms with E-state index in [-0.39, 0.29) is 17.0 Å². The molecule has 34 heavy (non-hydrogen) atoms. The summed E-state index contributed by atoms with van der Waals surface area (Å²) in [5.41, 5.74) is 4.49. The second-order valence-corrected chi connectivity index (χ2v) is 10.9. The van der Waals surface area contributed by atoms with E-state index in [1.165, 1.54) is 0 Å². The average Bonchev–Trinajstić information content (AvgIpc) is 3.02. The van der Waals surface area contributed by atoms with E-state index in [4.69, 9.17) is 11.6 Å². The second kappa shape index (κ2) is 9.12. The van der Waals surface area contributed by atoms with Crippen molar-refractivity contribution in [3.63, 3.8) is 0 Å². The molecule has 1 N–H and O–H groups in total. The van der Waals surface area contributed by atoms with Crippen LogP contribution in [0, 0.1) is 6.92 Å². The highest BCUT2D eigenvalue weighted by atomic mass is 35.5. The molecule has 2 aromatic carbocycles. The lowest BCUT2D eigenvalue weighted by Gasteiger charge is -2.45. The number of hydrogen-bond donors (Lipinski definition) is 1. The van der Waals surface area contributed by atoms with Crippen molar-refractivity contribution in [3.8, 4) is 0 Å². The summed E-state index contributed by atoms with van der Waals surface area (Å²) < 4.78 is 0. The number of amides is 3. The summed E-state index contributed by atoms with van der Waals surface area (Å²) in [5.74, 6) is -0.593. The molecule has 0 aliphatic carbocycles. The van der Waals surface area contributed by atoms with E-state index in [9.17, 15) is 14.4 Å². The van der Waals surface area contributed by atoms with Crippen molar-refractivity contribution in [2.75, 3.05) is 23.8 Å². The maximum atomic E-state index is 13.0. The van der Waals surface area contributed by atoms with E-state index in [0.717, 1.165) is 39.9 Å². The van der Waals surface area contributed by atoms with E-state index in [0.29, 0.717) is 22.2 Å². The van der Waals surface area contributed by atoms with Crippen molar-refractivity contribution in [3.05, 3.63) is 63.0 Å². The predicted molar refractivity (Wildman–Crippen MR) is 139 cm³/mol. The van der Waals surface area contributed by atoms with Crippen molar-refractivity contribution >= 4 is 57.9 Å². The molecule has 2 heterocycles. The van der Waals surface area contributed by atoms with Crippen LogP contribution in [0.4, 0.5) is 16.2 Å². The van der Waals surface area contributed by atoms with Crippen molar-refractivity contribution in [1.29, 1.82) is 0 Å². The molecule has 0 saturated carbocycles. The van der Waals surface area contributed by atoms with Gasteiger partial charge in [-0.1, -0.05) is 36.7 Å². The molecule has 1 atom stereocenters. The Balaban J connectivity index is 1.55. The molecule has 2 aromatic rings. The molecule has 178 valence electrons. The van der Waals surface area contributed by atoms with Gasteiger partial charge in [-0.25, -0.2) is 0 Å². The van der Waals surface area contributed by atoms with Crippen LogP contribution in [0.2, 0.25) is 5.02 Å². The van der Waals surface area contributed by atoms with Gasteiger partial charge in [0.2, 0.25) is 5.91 Å². The number of halogens is 1. The summed E-state index contributed by atoms with van der Waals surface area (Å²) in [6.07, 6.45) is 2.64. The van der Waals surface area contributed by atoms with E-state index >= 15 is 0 Å². The number of rotatable bonds is 4. The maximum Gasteiger partial charge on any atom is 0.294 e. The Kier molecular flexibility index (Phi) is 6.53. The van der Waals surface area contributed by atoms with Gasteiger partial charge >= 0.3 is 0 Å². The molecule has 0 aromatic heterocycles. The molecule has 8 heteroatoms. The molecular formula is C26H28ClN3O3S. The van der Waals surface area contributed by atoms with Crippen LogP contribution < -0.4 is 10.2 Å². The number of anilines is 2. The van der Waals surface area contributed by atoms with Crippen LogP contribution in [-0.4, -0.2) is 41.1 Å².